The molecule has 0 heterocycles. The molecular formula is C10H13NO4S. The van der Waals surface area contributed by atoms with Gasteiger partial charge >= 0.3 is 0 Å². The van der Waals surface area contributed by atoms with E-state index in [1.54, 1.807) is 25.2 Å². The number of hydrogen-bond acceptors (Lipinski definition) is 3. The van der Waals surface area contributed by atoms with Gasteiger partial charge in [-0.2, -0.15) is 8.42 Å². The zero-order chi connectivity index (χ0) is 12.6. The summed E-state index contributed by atoms with van der Waals surface area (Å²) >= 11 is 0. The van der Waals surface area contributed by atoms with Crippen molar-refractivity contribution in [3.8, 4) is 0 Å². The first kappa shape index (κ1) is 14.3. The van der Waals surface area contributed by atoms with Crippen molar-refractivity contribution in [1.82, 2.24) is 5.32 Å². The SMILES string of the molecule is C=CC(=O)NC.O=S(=O)(O)c1ccccc1. The van der Waals surface area contributed by atoms with Crippen molar-refractivity contribution in [3.63, 3.8) is 0 Å². The van der Waals surface area contributed by atoms with E-state index in [2.05, 4.69) is 11.9 Å². The maximum Gasteiger partial charge on any atom is 0.294 e. The molecule has 0 aliphatic rings. The molecule has 1 rings (SSSR count). The molecule has 0 bridgehead atoms. The molecular weight excluding hydrogens is 230 g/mol. The third-order valence-corrected chi connectivity index (χ3v) is 2.34. The molecule has 1 aromatic rings. The van der Waals surface area contributed by atoms with Gasteiger partial charge in [0, 0.05) is 7.05 Å². The van der Waals surface area contributed by atoms with Crippen LogP contribution < -0.4 is 5.32 Å². The topological polar surface area (TPSA) is 83.5 Å². The molecule has 2 N–H and O–H groups in total. The Labute approximate surface area is 94.5 Å². The van der Waals surface area contributed by atoms with Gasteiger partial charge in [0.05, 0.1) is 4.90 Å². The molecule has 0 aliphatic carbocycles. The first-order valence-electron chi connectivity index (χ1n) is 4.28. The highest BCUT2D eigenvalue weighted by molar-refractivity contribution is 7.85. The van der Waals surface area contributed by atoms with Crippen molar-refractivity contribution in [2.45, 2.75) is 4.90 Å². The maximum atomic E-state index is 10.4. The van der Waals surface area contributed by atoms with E-state index in [9.17, 15) is 13.2 Å². The van der Waals surface area contributed by atoms with E-state index >= 15 is 0 Å². The van der Waals surface area contributed by atoms with Gasteiger partial charge in [-0.3, -0.25) is 9.35 Å². The highest BCUT2D eigenvalue weighted by atomic mass is 32.2. The van der Waals surface area contributed by atoms with E-state index in [1.807, 2.05) is 0 Å². The lowest BCUT2D eigenvalue weighted by atomic mass is 10.4. The van der Waals surface area contributed by atoms with Gasteiger partial charge in [-0.1, -0.05) is 24.8 Å². The van der Waals surface area contributed by atoms with Crippen LogP contribution in [0.25, 0.3) is 0 Å². The number of carbonyl (C=O) groups excluding carboxylic acids is 1. The third kappa shape index (κ3) is 5.94. The lowest BCUT2D eigenvalue weighted by Gasteiger charge is -1.92. The normalized spacial score (nSPS) is 9.62. The first-order valence-corrected chi connectivity index (χ1v) is 5.72. The molecule has 0 spiro atoms. The number of likely N-dealkylation sites (N-methyl/N-ethyl adjacent to an activating group) is 1. The van der Waals surface area contributed by atoms with Gasteiger partial charge in [0.25, 0.3) is 10.1 Å². The van der Waals surface area contributed by atoms with Crippen molar-refractivity contribution >= 4 is 16.0 Å². The fourth-order valence-electron chi connectivity index (χ4n) is 0.695. The molecule has 0 radical (unpaired) electrons. The Morgan fingerprint density at radius 1 is 1.38 bits per heavy atom. The standard InChI is InChI=1S/C6H6O3S.C4H7NO/c7-10(8,9)6-4-2-1-3-5-6;1-3-4(6)5-2/h1-5H,(H,7,8,9);3H,1H2,2H3,(H,5,6). The molecule has 5 nitrogen and oxygen atoms in total. The van der Waals surface area contributed by atoms with Crippen LogP contribution in [0.3, 0.4) is 0 Å². The first-order chi connectivity index (χ1) is 7.41. The van der Waals surface area contributed by atoms with Crippen LogP contribution in [0.15, 0.2) is 47.9 Å². The van der Waals surface area contributed by atoms with Crippen LogP contribution in [0.1, 0.15) is 0 Å². The summed E-state index contributed by atoms with van der Waals surface area (Å²) in [5.74, 6) is -0.144. The number of amides is 1. The molecule has 16 heavy (non-hydrogen) atoms. The Hall–Kier alpha value is -1.66. The maximum absolute atomic E-state index is 10.4. The Morgan fingerprint density at radius 3 is 2.06 bits per heavy atom. The number of hydrogen-bond donors (Lipinski definition) is 2. The van der Waals surface area contributed by atoms with E-state index in [0.29, 0.717) is 0 Å². The van der Waals surface area contributed by atoms with E-state index in [-0.39, 0.29) is 10.8 Å². The lowest BCUT2D eigenvalue weighted by Crippen LogP contribution is -2.13. The van der Waals surface area contributed by atoms with Gasteiger partial charge in [0.1, 0.15) is 0 Å². The monoisotopic (exact) mass is 243 g/mol. The molecule has 0 atom stereocenters. The molecule has 0 aliphatic heterocycles. The quantitative estimate of drug-likeness (QED) is 0.596. The Kier molecular flexibility index (Phi) is 6.06. The average molecular weight is 243 g/mol. The van der Waals surface area contributed by atoms with E-state index in [1.165, 1.54) is 18.2 Å². The minimum atomic E-state index is -4.00. The number of nitrogens with one attached hydrogen (secondary N) is 1. The summed E-state index contributed by atoms with van der Waals surface area (Å²) in [6.45, 7) is 3.22. The van der Waals surface area contributed by atoms with Crippen LogP contribution in [-0.4, -0.2) is 25.9 Å². The largest absolute Gasteiger partial charge is 0.356 e. The number of carbonyl (C=O) groups is 1. The molecule has 0 saturated heterocycles. The zero-order valence-corrected chi connectivity index (χ0v) is 9.57. The fraction of sp³-hybridized carbons (Fsp3) is 0.100. The Bertz CT molecular complexity index is 439. The highest BCUT2D eigenvalue weighted by Gasteiger charge is 2.05. The Morgan fingerprint density at radius 2 is 1.88 bits per heavy atom. The van der Waals surface area contributed by atoms with Crippen molar-refractivity contribution in [1.29, 1.82) is 0 Å². The van der Waals surface area contributed by atoms with Crippen molar-refractivity contribution < 1.29 is 17.8 Å². The highest BCUT2D eigenvalue weighted by Crippen LogP contribution is 2.05. The number of benzene rings is 1. The average Bonchev–Trinajstić information content (AvgIpc) is 2.29. The smallest absolute Gasteiger partial charge is 0.294 e. The molecule has 0 fully saturated rings. The van der Waals surface area contributed by atoms with Crippen molar-refractivity contribution in [2.24, 2.45) is 0 Å². The summed E-state index contributed by atoms with van der Waals surface area (Å²) in [5, 5.41) is 2.36. The van der Waals surface area contributed by atoms with E-state index < -0.39 is 10.1 Å². The Balaban J connectivity index is 0.000000325. The summed E-state index contributed by atoms with van der Waals surface area (Å²) < 4.78 is 29.2. The van der Waals surface area contributed by atoms with Crippen LogP contribution in [0, 0.1) is 0 Å². The minimum absolute atomic E-state index is 0.0741. The number of rotatable bonds is 2. The molecule has 0 aromatic heterocycles. The van der Waals surface area contributed by atoms with Gasteiger partial charge in [-0.25, -0.2) is 0 Å². The van der Waals surface area contributed by atoms with Crippen LogP contribution in [-0.2, 0) is 14.9 Å². The molecule has 0 unspecified atom stereocenters. The van der Waals surface area contributed by atoms with Crippen LogP contribution in [0.5, 0.6) is 0 Å². The molecule has 1 aromatic carbocycles. The van der Waals surface area contributed by atoms with Crippen LogP contribution in [0.4, 0.5) is 0 Å². The van der Waals surface area contributed by atoms with Crippen LogP contribution in [0.2, 0.25) is 0 Å². The van der Waals surface area contributed by atoms with Crippen molar-refractivity contribution in [3.05, 3.63) is 43.0 Å². The lowest BCUT2D eigenvalue weighted by molar-refractivity contribution is -0.116. The van der Waals surface area contributed by atoms with Gasteiger partial charge in [-0.15, -0.1) is 0 Å². The second-order valence-corrected chi connectivity index (χ2v) is 4.03. The van der Waals surface area contributed by atoms with E-state index in [4.69, 9.17) is 4.55 Å². The van der Waals surface area contributed by atoms with Crippen LogP contribution >= 0.6 is 0 Å². The van der Waals surface area contributed by atoms with Gasteiger partial charge in [-0.05, 0) is 18.2 Å². The summed E-state index contributed by atoms with van der Waals surface area (Å²) in [6, 6.07) is 7.42. The summed E-state index contributed by atoms with van der Waals surface area (Å²) in [4.78, 5) is 9.88. The van der Waals surface area contributed by atoms with Gasteiger partial charge < -0.3 is 5.32 Å². The summed E-state index contributed by atoms with van der Waals surface area (Å²) in [5.41, 5.74) is 0. The molecule has 1 amide bonds. The summed E-state index contributed by atoms with van der Waals surface area (Å²) in [7, 11) is -2.44. The predicted molar refractivity (Wildman–Crippen MR) is 60.5 cm³/mol. The zero-order valence-electron chi connectivity index (χ0n) is 8.75. The van der Waals surface area contributed by atoms with Gasteiger partial charge in [0.2, 0.25) is 5.91 Å². The van der Waals surface area contributed by atoms with Gasteiger partial charge in [0.15, 0.2) is 0 Å². The third-order valence-electron chi connectivity index (χ3n) is 1.47. The second kappa shape index (κ2) is 6.76. The molecule has 88 valence electrons. The molecule has 6 heteroatoms. The van der Waals surface area contributed by atoms with E-state index in [0.717, 1.165) is 0 Å². The minimum Gasteiger partial charge on any atom is -0.356 e. The predicted octanol–water partition coefficient (Wildman–Crippen LogP) is 0.852. The fourth-order valence-corrected chi connectivity index (χ4v) is 1.20. The molecule has 0 saturated carbocycles. The van der Waals surface area contributed by atoms with Crippen molar-refractivity contribution in [2.75, 3.05) is 7.05 Å². The second-order valence-electron chi connectivity index (χ2n) is 2.61. The summed E-state index contributed by atoms with van der Waals surface area (Å²) in [6.07, 6.45) is 1.22.